The van der Waals surface area contributed by atoms with Crippen LogP contribution in [0.2, 0.25) is 0 Å². The maximum absolute atomic E-state index is 12.3. The minimum Gasteiger partial charge on any atom is -0.393 e. The predicted molar refractivity (Wildman–Crippen MR) is 140 cm³/mol. The Morgan fingerprint density at radius 3 is 2.36 bits per heavy atom. The van der Waals surface area contributed by atoms with Gasteiger partial charge in [0.1, 0.15) is 0 Å². The van der Waals surface area contributed by atoms with Crippen LogP contribution in [0, 0.1) is 52.3 Å². The van der Waals surface area contributed by atoms with E-state index in [0.717, 1.165) is 51.4 Å². The van der Waals surface area contributed by atoms with Gasteiger partial charge in [0.15, 0.2) is 0 Å². The molecule has 4 fully saturated rings. The Balaban J connectivity index is 1.44. The summed E-state index contributed by atoms with van der Waals surface area (Å²) in [6, 6.07) is 0. The van der Waals surface area contributed by atoms with Crippen molar-refractivity contribution in [2.45, 2.75) is 104 Å². The first-order valence-corrected chi connectivity index (χ1v) is 16.0. The summed E-state index contributed by atoms with van der Waals surface area (Å²) in [6.45, 7) is 9.31. The molecule has 0 saturated heterocycles. The summed E-state index contributed by atoms with van der Waals surface area (Å²) < 4.78 is 30.6. The van der Waals surface area contributed by atoms with Crippen LogP contribution in [0.4, 0.5) is 0 Å². The molecular weight excluding hydrogens is 478 g/mol. The molecule has 0 aromatic rings. The Morgan fingerprint density at radius 2 is 1.69 bits per heavy atom. The summed E-state index contributed by atoms with van der Waals surface area (Å²) in [5.41, 5.74) is 0.369. The number of aliphatic hydroxyl groups is 2. The number of fused-ring (bicyclic) bond motifs is 5. The van der Waals surface area contributed by atoms with E-state index in [4.69, 9.17) is 4.55 Å². The molecule has 4 N–H and O–H groups in total. The van der Waals surface area contributed by atoms with E-state index in [0.29, 0.717) is 41.9 Å². The number of hydrogen-bond acceptors (Lipinski definition) is 5. The topological polar surface area (TPSA) is 124 Å². The number of carbonyl (C=O) groups excluding carboxylic acids is 1. The van der Waals surface area contributed by atoms with Crippen LogP contribution in [0.1, 0.15) is 91.9 Å². The van der Waals surface area contributed by atoms with E-state index in [2.05, 4.69) is 33.0 Å². The number of rotatable bonds is 8. The first-order valence-electron chi connectivity index (χ1n) is 14.4. The molecule has 0 aromatic heterocycles. The summed E-state index contributed by atoms with van der Waals surface area (Å²) >= 11 is 0. The van der Waals surface area contributed by atoms with Gasteiger partial charge in [-0.15, -0.1) is 0 Å². The Bertz CT molecular complexity index is 910. The molecule has 7 nitrogen and oxygen atoms in total. The van der Waals surface area contributed by atoms with Crippen molar-refractivity contribution < 1.29 is 28.0 Å². The van der Waals surface area contributed by atoms with Gasteiger partial charge in [-0.3, -0.25) is 9.35 Å². The van der Waals surface area contributed by atoms with Gasteiger partial charge < -0.3 is 15.5 Å². The van der Waals surface area contributed by atoms with Gasteiger partial charge in [0, 0.05) is 13.0 Å². The molecular formula is C28H49NO6S. The van der Waals surface area contributed by atoms with Crippen molar-refractivity contribution in [3.05, 3.63) is 0 Å². The lowest BCUT2D eigenvalue weighted by molar-refractivity contribution is -0.203. The molecule has 4 rings (SSSR count). The van der Waals surface area contributed by atoms with Gasteiger partial charge in [0.2, 0.25) is 5.91 Å². The number of amides is 1. The molecule has 8 heteroatoms. The van der Waals surface area contributed by atoms with Gasteiger partial charge in [-0.2, -0.15) is 8.42 Å². The van der Waals surface area contributed by atoms with Crippen LogP contribution in [0.25, 0.3) is 0 Å². The lowest BCUT2D eigenvalue weighted by Gasteiger charge is -2.64. The van der Waals surface area contributed by atoms with Gasteiger partial charge in [-0.25, -0.2) is 0 Å². The van der Waals surface area contributed by atoms with Crippen molar-refractivity contribution >= 4 is 16.0 Å². The van der Waals surface area contributed by atoms with Crippen LogP contribution in [0.5, 0.6) is 0 Å². The fraction of sp³-hybridized carbons (Fsp3) is 0.964. The minimum atomic E-state index is -4.07. The molecule has 3 unspecified atom stereocenters. The zero-order chi connectivity index (χ0) is 26.5. The van der Waals surface area contributed by atoms with Crippen molar-refractivity contribution in [1.29, 1.82) is 0 Å². The molecule has 0 aromatic carbocycles. The first-order chi connectivity index (χ1) is 16.8. The number of aliphatic hydroxyl groups excluding tert-OH is 2. The highest BCUT2D eigenvalue weighted by atomic mass is 32.2. The molecule has 0 radical (unpaired) electrons. The van der Waals surface area contributed by atoms with Crippen LogP contribution in [-0.2, 0) is 14.9 Å². The Labute approximate surface area is 217 Å². The van der Waals surface area contributed by atoms with Crippen LogP contribution in [0.3, 0.4) is 0 Å². The smallest absolute Gasteiger partial charge is 0.266 e. The van der Waals surface area contributed by atoms with E-state index >= 15 is 0 Å². The molecule has 0 spiro atoms. The average Bonchev–Trinajstić information content (AvgIpc) is 3.15. The quantitative estimate of drug-likeness (QED) is 0.353. The lowest BCUT2D eigenvalue weighted by Crippen LogP contribution is -2.62. The molecule has 4 aliphatic rings. The molecule has 11 atom stereocenters. The fourth-order valence-electron chi connectivity index (χ4n) is 9.90. The third kappa shape index (κ3) is 5.13. The van der Waals surface area contributed by atoms with Crippen molar-refractivity contribution in [2.24, 2.45) is 52.3 Å². The van der Waals surface area contributed by atoms with E-state index in [1.54, 1.807) is 0 Å². The number of carbonyl (C=O) groups is 1. The molecule has 0 bridgehead atoms. The Morgan fingerprint density at radius 1 is 1.03 bits per heavy atom. The van der Waals surface area contributed by atoms with Crippen molar-refractivity contribution in [3.63, 3.8) is 0 Å². The van der Waals surface area contributed by atoms with Crippen molar-refractivity contribution in [1.82, 2.24) is 5.32 Å². The van der Waals surface area contributed by atoms with E-state index < -0.39 is 15.9 Å². The first kappa shape index (κ1) is 28.3. The van der Waals surface area contributed by atoms with E-state index in [-0.39, 0.29) is 41.4 Å². The average molecular weight is 528 g/mol. The fourth-order valence-corrected chi connectivity index (χ4v) is 10.3. The van der Waals surface area contributed by atoms with Crippen LogP contribution in [0.15, 0.2) is 0 Å². The van der Waals surface area contributed by atoms with E-state index in [1.807, 2.05) is 0 Å². The van der Waals surface area contributed by atoms with E-state index in [9.17, 15) is 23.4 Å². The third-order valence-electron chi connectivity index (χ3n) is 11.7. The van der Waals surface area contributed by atoms with Crippen LogP contribution in [-0.4, -0.2) is 53.6 Å². The summed E-state index contributed by atoms with van der Waals surface area (Å²) in [4.78, 5) is 12.3. The summed E-state index contributed by atoms with van der Waals surface area (Å²) in [5.74, 6) is 2.28. The zero-order valence-corrected chi connectivity index (χ0v) is 23.5. The second kappa shape index (κ2) is 10.5. The highest BCUT2D eigenvalue weighted by Gasteiger charge is 2.64. The van der Waals surface area contributed by atoms with Crippen molar-refractivity contribution in [3.8, 4) is 0 Å². The standard InChI is InChI=1S/C28H49NO6S/c1-5-19-23-16-18(30)10-12-28(23,4)22-11-13-27(3)20(7-8-21(27)25(22)26(19)32)17(2)6-9-24(31)29-14-15-36(33,34)35/h17-23,25-26,30,32H,5-16H2,1-4H3,(H,29,31)(H,33,34,35)/t17-,18-,19-,20-,21?,22?,23+,25?,26-,27-,28-/m1/s1. The second-order valence-electron chi connectivity index (χ2n) is 13.3. The van der Waals surface area contributed by atoms with Crippen LogP contribution < -0.4 is 5.32 Å². The highest BCUT2D eigenvalue weighted by molar-refractivity contribution is 7.85. The summed E-state index contributed by atoms with van der Waals surface area (Å²) in [5, 5.41) is 24.9. The largest absolute Gasteiger partial charge is 0.393 e. The minimum absolute atomic E-state index is 0.0639. The molecule has 0 aliphatic heterocycles. The number of hydrogen-bond donors (Lipinski definition) is 4. The Kier molecular flexibility index (Phi) is 8.23. The molecule has 4 aliphatic carbocycles. The zero-order valence-electron chi connectivity index (χ0n) is 22.7. The highest BCUT2D eigenvalue weighted by Crippen LogP contribution is 2.69. The third-order valence-corrected chi connectivity index (χ3v) is 12.4. The molecule has 36 heavy (non-hydrogen) atoms. The molecule has 1 amide bonds. The molecule has 0 heterocycles. The number of nitrogens with one attached hydrogen (secondary N) is 1. The summed E-state index contributed by atoms with van der Waals surface area (Å²) in [7, 11) is -4.07. The summed E-state index contributed by atoms with van der Waals surface area (Å²) in [6.07, 6.45) is 8.95. The maximum Gasteiger partial charge on any atom is 0.266 e. The maximum atomic E-state index is 12.3. The molecule has 4 saturated carbocycles. The van der Waals surface area contributed by atoms with Crippen LogP contribution >= 0.6 is 0 Å². The van der Waals surface area contributed by atoms with Gasteiger partial charge >= 0.3 is 0 Å². The Hall–Kier alpha value is -0.700. The van der Waals surface area contributed by atoms with Gasteiger partial charge in [-0.1, -0.05) is 34.1 Å². The van der Waals surface area contributed by atoms with E-state index in [1.165, 1.54) is 6.42 Å². The second-order valence-corrected chi connectivity index (χ2v) is 14.8. The normalized spacial score (nSPS) is 45.3. The SMILES string of the molecule is CC[C@H]1[C@@H](O)C2C3CC[C@H]([C@H](C)CCC(=O)NCCS(=O)(=O)O)[C@@]3(C)CCC2[C@@]2(C)CC[C@@H](O)C[C@@H]12. The predicted octanol–water partition coefficient (Wildman–Crippen LogP) is 4.03. The van der Waals surface area contributed by atoms with Crippen molar-refractivity contribution in [2.75, 3.05) is 12.3 Å². The van der Waals surface area contributed by atoms with Gasteiger partial charge in [0.25, 0.3) is 10.1 Å². The lowest BCUT2D eigenvalue weighted by atomic mass is 9.41. The monoisotopic (exact) mass is 527 g/mol. The van der Waals surface area contributed by atoms with Gasteiger partial charge in [0.05, 0.1) is 18.0 Å². The van der Waals surface area contributed by atoms with Gasteiger partial charge in [-0.05, 0) is 104 Å². The molecule has 208 valence electrons.